The molecule has 1 aromatic carbocycles. The molecule has 0 radical (unpaired) electrons. The first-order chi connectivity index (χ1) is 9.11. The van der Waals surface area contributed by atoms with Gasteiger partial charge in [0.25, 0.3) is 5.91 Å². The van der Waals surface area contributed by atoms with E-state index in [1.54, 1.807) is 6.92 Å². The number of likely N-dealkylation sites (tertiary alicyclic amines) is 1. The molecule has 1 amide bonds. The molecule has 0 aliphatic carbocycles. The molecule has 0 aromatic heterocycles. The molecule has 1 aliphatic rings. The van der Waals surface area contributed by atoms with Gasteiger partial charge < -0.3 is 15.4 Å². The minimum Gasteiger partial charge on any atom is -0.481 e. The lowest BCUT2D eigenvalue weighted by Crippen LogP contribution is -2.45. The van der Waals surface area contributed by atoms with E-state index in [1.165, 1.54) is 5.56 Å². The van der Waals surface area contributed by atoms with Crippen LogP contribution < -0.4 is 10.5 Å². The summed E-state index contributed by atoms with van der Waals surface area (Å²) in [7, 11) is 0. The maximum Gasteiger partial charge on any atom is 0.263 e. The molecule has 2 atom stereocenters. The number of aryl methyl sites for hydroxylation is 1. The summed E-state index contributed by atoms with van der Waals surface area (Å²) < 4.78 is 5.70. The van der Waals surface area contributed by atoms with E-state index in [4.69, 9.17) is 10.5 Å². The lowest BCUT2D eigenvalue weighted by atomic mass is 10.2. The van der Waals surface area contributed by atoms with E-state index in [0.717, 1.165) is 25.1 Å². The fraction of sp³-hybridized carbons (Fsp3) is 0.533. The quantitative estimate of drug-likeness (QED) is 0.898. The molecule has 1 aromatic rings. The minimum atomic E-state index is -0.463. The van der Waals surface area contributed by atoms with E-state index < -0.39 is 6.10 Å². The Bertz CT molecular complexity index is 430. The molecule has 19 heavy (non-hydrogen) atoms. The largest absolute Gasteiger partial charge is 0.481 e. The van der Waals surface area contributed by atoms with Crippen LogP contribution in [-0.2, 0) is 4.79 Å². The lowest BCUT2D eigenvalue weighted by molar-refractivity contribution is -0.138. The Kier molecular flexibility index (Phi) is 4.43. The topological polar surface area (TPSA) is 55.6 Å². The zero-order chi connectivity index (χ0) is 13.8. The van der Waals surface area contributed by atoms with E-state index in [9.17, 15) is 4.79 Å². The highest BCUT2D eigenvalue weighted by molar-refractivity contribution is 5.81. The molecule has 1 fully saturated rings. The summed E-state index contributed by atoms with van der Waals surface area (Å²) in [6.07, 6.45) is 1.57. The average molecular weight is 262 g/mol. The van der Waals surface area contributed by atoms with Crippen molar-refractivity contribution < 1.29 is 9.53 Å². The lowest BCUT2D eigenvalue weighted by Gasteiger charge is -2.26. The van der Waals surface area contributed by atoms with Crippen molar-refractivity contribution in [3.8, 4) is 5.75 Å². The van der Waals surface area contributed by atoms with Crippen LogP contribution >= 0.6 is 0 Å². The normalized spacial score (nSPS) is 20.4. The molecule has 4 heteroatoms. The Morgan fingerprint density at radius 2 is 2.16 bits per heavy atom. The highest BCUT2D eigenvalue weighted by Crippen LogP contribution is 2.19. The third kappa shape index (κ3) is 3.26. The molecule has 0 spiro atoms. The molecule has 1 aliphatic heterocycles. The Morgan fingerprint density at radius 3 is 2.79 bits per heavy atom. The van der Waals surface area contributed by atoms with Crippen LogP contribution in [-0.4, -0.2) is 36.0 Å². The average Bonchev–Trinajstić information content (AvgIpc) is 2.88. The van der Waals surface area contributed by atoms with Gasteiger partial charge in [0.15, 0.2) is 6.10 Å². The molecule has 2 N–H and O–H groups in total. The van der Waals surface area contributed by atoms with E-state index in [1.807, 2.05) is 36.1 Å². The second-order valence-corrected chi connectivity index (χ2v) is 5.14. The number of rotatable bonds is 4. The molecule has 0 saturated carbocycles. The van der Waals surface area contributed by atoms with Crippen molar-refractivity contribution in [1.82, 2.24) is 4.90 Å². The fourth-order valence-corrected chi connectivity index (χ4v) is 2.48. The molecule has 2 unspecified atom stereocenters. The van der Waals surface area contributed by atoms with Crippen LogP contribution in [0.25, 0.3) is 0 Å². The Balaban J connectivity index is 1.97. The van der Waals surface area contributed by atoms with Crippen molar-refractivity contribution in [2.75, 3.05) is 13.1 Å². The minimum absolute atomic E-state index is 0.0357. The monoisotopic (exact) mass is 262 g/mol. The summed E-state index contributed by atoms with van der Waals surface area (Å²) in [6.45, 7) is 5.15. The summed E-state index contributed by atoms with van der Waals surface area (Å²) in [5.74, 6) is 0.767. The molecule has 1 saturated heterocycles. The van der Waals surface area contributed by atoms with E-state index in [0.29, 0.717) is 6.54 Å². The van der Waals surface area contributed by atoms with Crippen LogP contribution in [0.2, 0.25) is 0 Å². The molecule has 0 bridgehead atoms. The number of hydrogen-bond acceptors (Lipinski definition) is 3. The maximum atomic E-state index is 12.3. The third-order valence-corrected chi connectivity index (χ3v) is 3.61. The first kappa shape index (κ1) is 13.9. The van der Waals surface area contributed by atoms with Gasteiger partial charge in [0, 0.05) is 19.1 Å². The van der Waals surface area contributed by atoms with Crippen LogP contribution in [0.3, 0.4) is 0 Å². The summed E-state index contributed by atoms with van der Waals surface area (Å²) >= 11 is 0. The summed E-state index contributed by atoms with van der Waals surface area (Å²) in [4.78, 5) is 14.2. The number of nitrogens with zero attached hydrogens (tertiary/aromatic N) is 1. The van der Waals surface area contributed by atoms with Gasteiger partial charge in [-0.1, -0.05) is 17.7 Å². The standard InChI is InChI=1S/C15H22N2O2/c1-11-5-7-14(8-6-11)19-12(2)15(18)17-9-3-4-13(17)10-16/h5-8,12-13H,3-4,9-10,16H2,1-2H3. The summed E-state index contributed by atoms with van der Waals surface area (Å²) in [6, 6.07) is 7.92. The number of benzene rings is 1. The van der Waals surface area contributed by atoms with Crippen LogP contribution in [0, 0.1) is 6.92 Å². The van der Waals surface area contributed by atoms with E-state index in [2.05, 4.69) is 0 Å². The van der Waals surface area contributed by atoms with Crippen molar-refractivity contribution in [1.29, 1.82) is 0 Å². The van der Waals surface area contributed by atoms with Crippen molar-refractivity contribution >= 4 is 5.91 Å². The van der Waals surface area contributed by atoms with E-state index in [-0.39, 0.29) is 11.9 Å². The van der Waals surface area contributed by atoms with Crippen molar-refractivity contribution in [2.24, 2.45) is 5.73 Å². The second kappa shape index (κ2) is 6.06. The van der Waals surface area contributed by atoms with Crippen LogP contribution in [0.15, 0.2) is 24.3 Å². The van der Waals surface area contributed by atoms with Gasteiger partial charge in [0.2, 0.25) is 0 Å². The highest BCUT2D eigenvalue weighted by atomic mass is 16.5. The number of ether oxygens (including phenoxy) is 1. The van der Waals surface area contributed by atoms with Gasteiger partial charge in [0.05, 0.1) is 0 Å². The number of amides is 1. The molecule has 1 heterocycles. The number of nitrogens with two attached hydrogens (primary N) is 1. The SMILES string of the molecule is Cc1ccc(OC(C)C(=O)N2CCCC2CN)cc1. The van der Waals surface area contributed by atoms with Crippen molar-refractivity contribution in [3.05, 3.63) is 29.8 Å². The zero-order valence-electron chi connectivity index (χ0n) is 11.6. The number of carbonyl (C=O) groups excluding carboxylic acids is 1. The molecular formula is C15H22N2O2. The van der Waals surface area contributed by atoms with Gasteiger partial charge >= 0.3 is 0 Å². The van der Waals surface area contributed by atoms with Crippen molar-refractivity contribution in [2.45, 2.75) is 38.8 Å². The van der Waals surface area contributed by atoms with Gasteiger partial charge in [-0.3, -0.25) is 4.79 Å². The van der Waals surface area contributed by atoms with Crippen LogP contribution in [0.5, 0.6) is 5.75 Å². The maximum absolute atomic E-state index is 12.3. The summed E-state index contributed by atoms with van der Waals surface area (Å²) in [5.41, 5.74) is 6.87. The van der Waals surface area contributed by atoms with Crippen LogP contribution in [0.1, 0.15) is 25.3 Å². The fourth-order valence-electron chi connectivity index (χ4n) is 2.48. The molecule has 4 nitrogen and oxygen atoms in total. The third-order valence-electron chi connectivity index (χ3n) is 3.61. The Labute approximate surface area is 114 Å². The molecule has 2 rings (SSSR count). The number of hydrogen-bond donors (Lipinski definition) is 1. The Morgan fingerprint density at radius 1 is 1.47 bits per heavy atom. The van der Waals surface area contributed by atoms with Gasteiger partial charge in [-0.15, -0.1) is 0 Å². The first-order valence-electron chi connectivity index (χ1n) is 6.85. The zero-order valence-corrected chi connectivity index (χ0v) is 11.6. The van der Waals surface area contributed by atoms with Gasteiger partial charge in [-0.25, -0.2) is 0 Å². The predicted molar refractivity (Wildman–Crippen MR) is 75.1 cm³/mol. The predicted octanol–water partition coefficient (Wildman–Crippen LogP) is 1.71. The molecular weight excluding hydrogens is 240 g/mol. The van der Waals surface area contributed by atoms with E-state index >= 15 is 0 Å². The van der Waals surface area contributed by atoms with Gasteiger partial charge in [-0.2, -0.15) is 0 Å². The second-order valence-electron chi connectivity index (χ2n) is 5.14. The van der Waals surface area contributed by atoms with Gasteiger partial charge in [-0.05, 0) is 38.8 Å². The number of carbonyl (C=O) groups is 1. The summed E-state index contributed by atoms with van der Waals surface area (Å²) in [5, 5.41) is 0. The highest BCUT2D eigenvalue weighted by Gasteiger charge is 2.31. The first-order valence-corrected chi connectivity index (χ1v) is 6.85. The molecule has 104 valence electrons. The Hall–Kier alpha value is -1.55. The van der Waals surface area contributed by atoms with Gasteiger partial charge in [0.1, 0.15) is 5.75 Å². The smallest absolute Gasteiger partial charge is 0.263 e. The van der Waals surface area contributed by atoms with Crippen LogP contribution in [0.4, 0.5) is 0 Å². The van der Waals surface area contributed by atoms with Crippen molar-refractivity contribution in [3.63, 3.8) is 0 Å².